The fraction of sp³-hybridized carbons (Fsp3) is 0.542. The summed E-state index contributed by atoms with van der Waals surface area (Å²) in [5.74, 6) is 0.0295. The fourth-order valence-corrected chi connectivity index (χ4v) is 4.53. The van der Waals surface area contributed by atoms with Crippen molar-refractivity contribution in [1.29, 1.82) is 0 Å². The van der Waals surface area contributed by atoms with Gasteiger partial charge < -0.3 is 15.0 Å². The molecule has 0 spiro atoms. The van der Waals surface area contributed by atoms with E-state index in [1.165, 1.54) is 19.3 Å². The van der Waals surface area contributed by atoms with Gasteiger partial charge in [0.25, 0.3) is 5.91 Å². The topological polar surface area (TPSA) is 74.8 Å². The smallest absolute Gasteiger partial charge is 0.254 e. The maximum Gasteiger partial charge on any atom is 0.254 e. The van der Waals surface area contributed by atoms with Crippen LogP contribution in [0.25, 0.3) is 10.9 Å². The number of morpholine rings is 1. The first-order chi connectivity index (χ1) is 15.0. The molecule has 0 radical (unpaired) electrons. The molecule has 1 saturated heterocycles. The summed E-state index contributed by atoms with van der Waals surface area (Å²) in [6.07, 6.45) is 5.57. The van der Waals surface area contributed by atoms with E-state index in [0.717, 1.165) is 29.4 Å². The van der Waals surface area contributed by atoms with Gasteiger partial charge in [-0.1, -0.05) is 37.5 Å². The molecule has 1 atom stereocenters. The lowest BCUT2D eigenvalue weighted by Crippen LogP contribution is -2.47. The van der Waals surface area contributed by atoms with E-state index in [9.17, 15) is 9.59 Å². The zero-order valence-electron chi connectivity index (χ0n) is 18.5. The number of fused-ring (bicyclic) bond motifs is 1. The van der Waals surface area contributed by atoms with Crippen LogP contribution in [0.15, 0.2) is 30.3 Å². The van der Waals surface area contributed by atoms with Crippen molar-refractivity contribution >= 4 is 22.7 Å². The second kappa shape index (κ2) is 9.75. The Kier molecular flexibility index (Phi) is 6.83. The average Bonchev–Trinajstić information content (AvgIpc) is 2.78. The molecule has 31 heavy (non-hydrogen) atoms. The highest BCUT2D eigenvalue weighted by atomic mass is 16.5. The van der Waals surface area contributed by atoms with Crippen LogP contribution in [0.4, 0.5) is 0 Å². The summed E-state index contributed by atoms with van der Waals surface area (Å²) in [4.78, 5) is 33.8. The lowest BCUT2D eigenvalue weighted by Gasteiger charge is -2.33. The Hall–Kier alpha value is -2.51. The van der Waals surface area contributed by atoms with Crippen LogP contribution in [-0.4, -0.2) is 73.0 Å². The minimum absolute atomic E-state index is 0.0561. The van der Waals surface area contributed by atoms with Crippen molar-refractivity contribution in [3.63, 3.8) is 0 Å². The monoisotopic (exact) mass is 424 g/mol. The molecule has 2 aliphatic rings. The minimum atomic E-state index is -0.269. The molecule has 7 heteroatoms. The molecule has 1 aromatic carbocycles. The molecule has 4 rings (SSSR count). The number of carbonyl (C=O) groups excluding carboxylic acids is 2. The summed E-state index contributed by atoms with van der Waals surface area (Å²) in [6.45, 7) is 2.20. The molecular weight excluding hydrogens is 392 g/mol. The van der Waals surface area contributed by atoms with Crippen molar-refractivity contribution < 1.29 is 14.3 Å². The second-order valence-corrected chi connectivity index (χ2v) is 8.81. The van der Waals surface area contributed by atoms with E-state index in [1.807, 2.05) is 30.3 Å². The van der Waals surface area contributed by atoms with Crippen molar-refractivity contribution in [1.82, 2.24) is 20.1 Å². The van der Waals surface area contributed by atoms with E-state index >= 15 is 0 Å². The van der Waals surface area contributed by atoms with Crippen LogP contribution in [0.3, 0.4) is 0 Å². The van der Waals surface area contributed by atoms with Gasteiger partial charge in [0.1, 0.15) is 6.10 Å². The third kappa shape index (κ3) is 5.22. The highest BCUT2D eigenvalue weighted by Gasteiger charge is 2.27. The molecule has 1 N–H and O–H groups in total. The van der Waals surface area contributed by atoms with Gasteiger partial charge in [-0.25, -0.2) is 4.98 Å². The number of ether oxygens (including phenoxy) is 1. The number of nitrogens with zero attached hydrogens (tertiary/aromatic N) is 3. The number of nitrogens with one attached hydrogen (secondary N) is 1. The summed E-state index contributed by atoms with van der Waals surface area (Å²) >= 11 is 0. The quantitative estimate of drug-likeness (QED) is 0.799. The Morgan fingerprint density at radius 3 is 2.74 bits per heavy atom. The molecule has 7 nitrogen and oxygen atoms in total. The predicted molar refractivity (Wildman–Crippen MR) is 120 cm³/mol. The van der Waals surface area contributed by atoms with Crippen molar-refractivity contribution in [2.75, 3.05) is 40.3 Å². The van der Waals surface area contributed by atoms with Crippen LogP contribution < -0.4 is 5.32 Å². The molecule has 1 aliphatic carbocycles. The predicted octanol–water partition coefficient (Wildman–Crippen LogP) is 2.76. The Morgan fingerprint density at radius 2 is 1.97 bits per heavy atom. The normalized spacial score (nSPS) is 20.5. The molecule has 2 fully saturated rings. The molecule has 2 aromatic rings. The van der Waals surface area contributed by atoms with E-state index in [1.54, 1.807) is 19.0 Å². The van der Waals surface area contributed by atoms with Crippen LogP contribution in [0.5, 0.6) is 0 Å². The number of para-hydroxylation sites is 1. The Balaban J connectivity index is 1.48. The van der Waals surface area contributed by atoms with Crippen molar-refractivity contribution in [3.8, 4) is 0 Å². The average molecular weight is 425 g/mol. The zero-order valence-corrected chi connectivity index (χ0v) is 18.5. The number of carbonyl (C=O) groups is 2. The highest BCUT2D eigenvalue weighted by molar-refractivity contribution is 6.06. The first-order valence-corrected chi connectivity index (χ1v) is 11.3. The van der Waals surface area contributed by atoms with Gasteiger partial charge in [0.05, 0.1) is 29.9 Å². The molecule has 1 saturated carbocycles. The number of benzene rings is 1. The largest absolute Gasteiger partial charge is 0.369 e. The summed E-state index contributed by atoms with van der Waals surface area (Å²) in [6, 6.07) is 9.85. The van der Waals surface area contributed by atoms with E-state index in [0.29, 0.717) is 37.8 Å². The van der Waals surface area contributed by atoms with Crippen LogP contribution >= 0.6 is 0 Å². The molecule has 2 amide bonds. The summed E-state index contributed by atoms with van der Waals surface area (Å²) in [7, 11) is 3.50. The summed E-state index contributed by atoms with van der Waals surface area (Å²) in [5.41, 5.74) is 2.14. The number of rotatable bonds is 5. The molecule has 0 unspecified atom stereocenters. The Bertz CT molecular complexity index is 940. The third-order valence-electron chi connectivity index (χ3n) is 6.19. The SMILES string of the molecule is CN(C)C(=O)c1cc([C@H]2CN(CC(=O)NC3CCCCC3)CCO2)nc2ccccc12. The zero-order chi connectivity index (χ0) is 21.8. The number of pyridine rings is 1. The first-order valence-electron chi connectivity index (χ1n) is 11.3. The van der Waals surface area contributed by atoms with Gasteiger partial charge in [0.2, 0.25) is 5.91 Å². The lowest BCUT2D eigenvalue weighted by molar-refractivity contribution is -0.125. The summed E-state index contributed by atoms with van der Waals surface area (Å²) in [5, 5.41) is 4.03. The number of amides is 2. The molecule has 0 bridgehead atoms. The molecule has 1 aliphatic heterocycles. The number of hydrogen-bond acceptors (Lipinski definition) is 5. The van der Waals surface area contributed by atoms with Gasteiger partial charge >= 0.3 is 0 Å². The van der Waals surface area contributed by atoms with Crippen LogP contribution in [0.2, 0.25) is 0 Å². The molecule has 166 valence electrons. The molecule has 1 aromatic heterocycles. The van der Waals surface area contributed by atoms with Crippen LogP contribution in [0, 0.1) is 0 Å². The van der Waals surface area contributed by atoms with Crippen LogP contribution in [-0.2, 0) is 9.53 Å². The van der Waals surface area contributed by atoms with Gasteiger partial charge in [-0.05, 0) is 25.0 Å². The number of aromatic nitrogens is 1. The van der Waals surface area contributed by atoms with Crippen LogP contribution in [0.1, 0.15) is 54.3 Å². The van der Waals surface area contributed by atoms with Crippen molar-refractivity contribution in [2.24, 2.45) is 0 Å². The van der Waals surface area contributed by atoms with Crippen molar-refractivity contribution in [3.05, 3.63) is 41.6 Å². The fourth-order valence-electron chi connectivity index (χ4n) is 4.53. The molecule has 2 heterocycles. The lowest BCUT2D eigenvalue weighted by atomic mass is 9.95. The van der Waals surface area contributed by atoms with Gasteiger partial charge in [-0.2, -0.15) is 0 Å². The maximum atomic E-state index is 12.8. The minimum Gasteiger partial charge on any atom is -0.369 e. The molecular formula is C24H32N4O3. The van der Waals surface area contributed by atoms with Gasteiger partial charge in [0, 0.05) is 38.6 Å². The van der Waals surface area contributed by atoms with E-state index in [4.69, 9.17) is 9.72 Å². The highest BCUT2D eigenvalue weighted by Crippen LogP contribution is 2.26. The van der Waals surface area contributed by atoms with Crippen molar-refractivity contribution in [2.45, 2.75) is 44.2 Å². The van der Waals surface area contributed by atoms with Gasteiger partial charge in [-0.15, -0.1) is 0 Å². The summed E-state index contributed by atoms with van der Waals surface area (Å²) < 4.78 is 6.01. The van der Waals surface area contributed by atoms with Gasteiger partial charge in [0.15, 0.2) is 0 Å². The van der Waals surface area contributed by atoms with Gasteiger partial charge in [-0.3, -0.25) is 14.5 Å². The maximum absolute atomic E-state index is 12.8. The standard InChI is InChI=1S/C24H32N4O3/c1-27(2)24(30)19-14-21(26-20-11-7-6-10-18(19)20)22-15-28(12-13-31-22)16-23(29)25-17-8-4-3-5-9-17/h6-7,10-11,14,17,22H,3-5,8-9,12-13,15-16H2,1-2H3,(H,25,29)/t22-/m1/s1. The van der Waals surface area contributed by atoms with E-state index < -0.39 is 0 Å². The second-order valence-electron chi connectivity index (χ2n) is 8.81. The van der Waals surface area contributed by atoms with E-state index in [-0.39, 0.29) is 17.9 Å². The van der Waals surface area contributed by atoms with E-state index in [2.05, 4.69) is 10.2 Å². The third-order valence-corrected chi connectivity index (χ3v) is 6.19. The Labute approximate surface area is 183 Å². The Morgan fingerprint density at radius 1 is 1.19 bits per heavy atom. The first kappa shape index (κ1) is 21.7. The number of hydrogen-bond donors (Lipinski definition) is 1.